The second-order valence-corrected chi connectivity index (χ2v) is 7.10. The van der Waals surface area contributed by atoms with E-state index >= 15 is 0 Å². The predicted octanol–water partition coefficient (Wildman–Crippen LogP) is 3.84. The van der Waals surface area contributed by atoms with Gasteiger partial charge in [-0.3, -0.25) is 4.79 Å². The summed E-state index contributed by atoms with van der Waals surface area (Å²) in [5, 5.41) is 35.5. The van der Waals surface area contributed by atoms with E-state index in [0.29, 0.717) is 12.3 Å². The quantitative estimate of drug-likeness (QED) is 0.373. The highest BCUT2D eigenvalue weighted by atomic mass is 16.4. The van der Waals surface area contributed by atoms with Gasteiger partial charge in [-0.1, -0.05) is 60.3 Å². The molecule has 0 heterocycles. The van der Waals surface area contributed by atoms with Crippen molar-refractivity contribution < 1.29 is 25.2 Å². The number of aliphatic carboxylic acids is 1. The van der Waals surface area contributed by atoms with E-state index in [2.05, 4.69) is 13.8 Å². The fraction of sp³-hybridized carbons (Fsp3) is 0.950. The Balaban J connectivity index is 0. The largest absolute Gasteiger partial charge is 0.481 e. The van der Waals surface area contributed by atoms with Crippen LogP contribution in [0.5, 0.6) is 0 Å². The Bertz CT molecular complexity index is 305. The number of carboxylic acid groups (broad SMARTS) is 1. The number of aliphatic hydroxyl groups is 3. The number of aliphatic hydroxyl groups excluding tert-OH is 3. The summed E-state index contributed by atoms with van der Waals surface area (Å²) in [5.41, 5.74) is -1.15. The Kier molecular flexibility index (Phi) is 15.4. The second-order valence-electron chi connectivity index (χ2n) is 7.10. The van der Waals surface area contributed by atoms with Crippen LogP contribution in [-0.2, 0) is 4.79 Å². The van der Waals surface area contributed by atoms with Gasteiger partial charge in [-0.05, 0) is 31.6 Å². The minimum atomic E-state index is -0.667. The maximum atomic E-state index is 11.5. The normalized spacial score (nSPS) is 13.1. The van der Waals surface area contributed by atoms with Crippen LogP contribution in [-0.4, -0.2) is 46.2 Å². The van der Waals surface area contributed by atoms with Crippen molar-refractivity contribution in [1.82, 2.24) is 0 Å². The summed E-state index contributed by atoms with van der Waals surface area (Å²) in [6, 6.07) is 0. The Morgan fingerprint density at radius 2 is 1.32 bits per heavy atom. The van der Waals surface area contributed by atoms with Crippen LogP contribution in [0.25, 0.3) is 0 Å². The van der Waals surface area contributed by atoms with Gasteiger partial charge in [0.05, 0.1) is 25.2 Å². The zero-order chi connectivity index (χ0) is 19.9. The summed E-state index contributed by atoms with van der Waals surface area (Å²) in [4.78, 5) is 11.5. The summed E-state index contributed by atoms with van der Waals surface area (Å²) >= 11 is 0. The fourth-order valence-corrected chi connectivity index (χ4v) is 3.30. The lowest BCUT2D eigenvalue weighted by atomic mass is 9.68. The fourth-order valence-electron chi connectivity index (χ4n) is 3.30. The third-order valence-electron chi connectivity index (χ3n) is 5.87. The standard InChI is InChI=1S/C14H28O2.C6H14O3/c1-5-9-10-11-12(6-2)14(7-3,8-4)13(15)16;1-2-6(3-7,4-8)5-9/h12H,5-11H2,1-4H3,(H,15,16);7-9H,2-5H2,1H3. The Labute approximate surface area is 154 Å². The average Bonchev–Trinajstić information content (AvgIpc) is 2.64. The van der Waals surface area contributed by atoms with Crippen LogP contribution in [0.1, 0.15) is 86.0 Å². The number of rotatable bonds is 13. The molecule has 0 aliphatic carbocycles. The van der Waals surface area contributed by atoms with Gasteiger partial charge in [-0.15, -0.1) is 0 Å². The zero-order valence-corrected chi connectivity index (χ0v) is 17.1. The molecule has 0 spiro atoms. The molecule has 0 radical (unpaired) electrons. The van der Waals surface area contributed by atoms with Crippen LogP contribution in [0, 0.1) is 16.7 Å². The molecule has 0 saturated heterocycles. The van der Waals surface area contributed by atoms with Gasteiger partial charge in [-0.25, -0.2) is 0 Å². The van der Waals surface area contributed by atoms with Crippen LogP contribution < -0.4 is 0 Å². The lowest BCUT2D eigenvalue weighted by Gasteiger charge is -2.35. The second kappa shape index (κ2) is 14.5. The van der Waals surface area contributed by atoms with Crippen molar-refractivity contribution in [2.45, 2.75) is 86.0 Å². The highest BCUT2D eigenvalue weighted by Gasteiger charge is 2.41. The highest BCUT2D eigenvalue weighted by molar-refractivity contribution is 5.74. The smallest absolute Gasteiger partial charge is 0.309 e. The van der Waals surface area contributed by atoms with Gasteiger partial charge in [0.25, 0.3) is 0 Å². The van der Waals surface area contributed by atoms with Crippen LogP contribution >= 0.6 is 0 Å². The van der Waals surface area contributed by atoms with Crippen molar-refractivity contribution in [3.63, 3.8) is 0 Å². The molecule has 0 aromatic heterocycles. The molecule has 1 atom stereocenters. The predicted molar refractivity (Wildman–Crippen MR) is 103 cm³/mol. The summed E-state index contributed by atoms with van der Waals surface area (Å²) in [5.74, 6) is -0.257. The molecule has 0 aliphatic rings. The van der Waals surface area contributed by atoms with E-state index < -0.39 is 16.8 Å². The molecule has 5 heteroatoms. The van der Waals surface area contributed by atoms with Gasteiger partial charge in [-0.2, -0.15) is 0 Å². The first-order valence-electron chi connectivity index (χ1n) is 9.89. The first-order valence-corrected chi connectivity index (χ1v) is 9.89. The molecule has 0 rings (SSSR count). The number of unbranched alkanes of at least 4 members (excludes halogenated alkanes) is 2. The summed E-state index contributed by atoms with van der Waals surface area (Å²) in [6.07, 6.45) is 7.75. The van der Waals surface area contributed by atoms with E-state index in [0.717, 1.165) is 25.7 Å². The van der Waals surface area contributed by atoms with Gasteiger partial charge in [0.15, 0.2) is 0 Å². The number of hydrogen-bond donors (Lipinski definition) is 4. The molecular formula is C20H42O5. The average molecular weight is 363 g/mol. The van der Waals surface area contributed by atoms with E-state index in [1.807, 2.05) is 20.8 Å². The molecule has 1 unspecified atom stereocenters. The minimum absolute atomic E-state index is 0.156. The van der Waals surface area contributed by atoms with E-state index in [-0.39, 0.29) is 19.8 Å². The molecule has 0 bridgehead atoms. The Morgan fingerprint density at radius 3 is 1.52 bits per heavy atom. The van der Waals surface area contributed by atoms with Gasteiger partial charge < -0.3 is 20.4 Å². The van der Waals surface area contributed by atoms with Crippen molar-refractivity contribution in [3.8, 4) is 0 Å². The SMILES string of the molecule is CCC(CO)(CO)CO.CCCCCC(CC)C(CC)(CC)C(=O)O. The van der Waals surface area contributed by atoms with E-state index in [1.165, 1.54) is 19.3 Å². The highest BCUT2D eigenvalue weighted by Crippen LogP contribution is 2.40. The van der Waals surface area contributed by atoms with Crippen molar-refractivity contribution in [1.29, 1.82) is 0 Å². The molecule has 0 aliphatic heterocycles. The van der Waals surface area contributed by atoms with Gasteiger partial charge in [0.1, 0.15) is 0 Å². The van der Waals surface area contributed by atoms with E-state index in [9.17, 15) is 9.90 Å². The van der Waals surface area contributed by atoms with Gasteiger partial charge in [0.2, 0.25) is 0 Å². The van der Waals surface area contributed by atoms with Crippen molar-refractivity contribution in [3.05, 3.63) is 0 Å². The molecule has 0 aromatic rings. The molecule has 25 heavy (non-hydrogen) atoms. The summed E-state index contributed by atoms with van der Waals surface area (Å²) in [6.45, 7) is 9.69. The third kappa shape index (κ3) is 8.06. The lowest BCUT2D eigenvalue weighted by Crippen LogP contribution is -2.37. The molecule has 0 saturated carbocycles. The van der Waals surface area contributed by atoms with Crippen LogP contribution in [0.4, 0.5) is 0 Å². The summed E-state index contributed by atoms with van der Waals surface area (Å²) in [7, 11) is 0. The van der Waals surface area contributed by atoms with Crippen molar-refractivity contribution in [2.75, 3.05) is 19.8 Å². The number of carboxylic acids is 1. The molecular weight excluding hydrogens is 320 g/mol. The number of carbonyl (C=O) groups is 1. The molecule has 152 valence electrons. The van der Waals surface area contributed by atoms with Gasteiger partial charge >= 0.3 is 5.97 Å². The molecule has 0 amide bonds. The van der Waals surface area contributed by atoms with Gasteiger partial charge in [0, 0.05) is 5.41 Å². The van der Waals surface area contributed by atoms with Crippen molar-refractivity contribution >= 4 is 5.97 Å². The lowest BCUT2D eigenvalue weighted by molar-refractivity contribution is -0.153. The van der Waals surface area contributed by atoms with E-state index in [4.69, 9.17) is 15.3 Å². The van der Waals surface area contributed by atoms with Crippen LogP contribution in [0.15, 0.2) is 0 Å². The Hall–Kier alpha value is -0.650. The van der Waals surface area contributed by atoms with E-state index in [1.54, 1.807) is 0 Å². The number of hydrogen-bond acceptors (Lipinski definition) is 4. The Morgan fingerprint density at radius 1 is 0.840 bits per heavy atom. The maximum absolute atomic E-state index is 11.5. The zero-order valence-electron chi connectivity index (χ0n) is 17.1. The molecule has 0 fully saturated rings. The molecule has 4 N–H and O–H groups in total. The first kappa shape index (κ1) is 26.6. The molecule has 5 nitrogen and oxygen atoms in total. The van der Waals surface area contributed by atoms with Crippen LogP contribution in [0.3, 0.4) is 0 Å². The van der Waals surface area contributed by atoms with Crippen LogP contribution in [0.2, 0.25) is 0 Å². The van der Waals surface area contributed by atoms with Crippen molar-refractivity contribution in [2.24, 2.45) is 16.7 Å². The monoisotopic (exact) mass is 362 g/mol. The topological polar surface area (TPSA) is 98.0 Å². The third-order valence-corrected chi connectivity index (χ3v) is 5.87. The minimum Gasteiger partial charge on any atom is -0.481 e. The maximum Gasteiger partial charge on any atom is 0.309 e. The summed E-state index contributed by atoms with van der Waals surface area (Å²) < 4.78 is 0. The molecule has 0 aromatic carbocycles. The first-order chi connectivity index (χ1) is 11.8.